The molecule has 1 atom stereocenters. The second-order valence-electron chi connectivity index (χ2n) is 8.11. The lowest BCUT2D eigenvalue weighted by Crippen LogP contribution is -2.23. The Bertz CT molecular complexity index is 1020. The smallest absolute Gasteiger partial charge is 0.241 e. The normalized spacial score (nSPS) is 20.2. The number of aldehydes is 1. The maximum absolute atomic E-state index is 11.3. The van der Waals surface area contributed by atoms with Gasteiger partial charge in [-0.05, 0) is 50.3 Å². The van der Waals surface area contributed by atoms with Gasteiger partial charge in [-0.2, -0.15) is 0 Å². The molecule has 30 heavy (non-hydrogen) atoms. The van der Waals surface area contributed by atoms with E-state index in [9.17, 15) is 9.90 Å². The van der Waals surface area contributed by atoms with Gasteiger partial charge in [0.15, 0.2) is 0 Å². The number of aliphatic hydroxyl groups is 1. The number of rotatable bonds is 7. The molecular weight excluding hydrogens is 380 g/mol. The fraction of sp³-hybridized carbons (Fsp3) is 0.435. The van der Waals surface area contributed by atoms with Crippen LogP contribution in [0.25, 0.3) is 16.6 Å². The van der Waals surface area contributed by atoms with E-state index >= 15 is 0 Å². The van der Waals surface area contributed by atoms with Crippen LogP contribution in [0.2, 0.25) is 0 Å². The molecule has 7 nitrogen and oxygen atoms in total. The number of aromatic nitrogens is 3. The fourth-order valence-corrected chi connectivity index (χ4v) is 4.27. The number of hydrogen-bond acceptors (Lipinski definition) is 6. The zero-order valence-electron chi connectivity index (χ0n) is 17.4. The second kappa shape index (κ2) is 8.93. The molecule has 0 saturated heterocycles. The first-order chi connectivity index (χ1) is 14.6. The highest BCUT2D eigenvalue weighted by Gasteiger charge is 2.25. The third kappa shape index (κ3) is 4.22. The van der Waals surface area contributed by atoms with E-state index in [0.29, 0.717) is 24.0 Å². The van der Waals surface area contributed by atoms with Crippen LogP contribution in [0.4, 0.5) is 5.95 Å². The largest absolute Gasteiger partial charge is 0.393 e. The Labute approximate surface area is 176 Å². The number of anilines is 1. The lowest BCUT2D eigenvalue weighted by Gasteiger charge is -2.25. The van der Waals surface area contributed by atoms with E-state index in [1.807, 2.05) is 35.8 Å². The number of aliphatic hydroxyl groups excluding tert-OH is 1. The lowest BCUT2D eigenvalue weighted by atomic mass is 9.85. The predicted molar refractivity (Wildman–Crippen MR) is 116 cm³/mol. The molecular formula is C23H28N4O3. The molecule has 1 aliphatic rings. The van der Waals surface area contributed by atoms with Crippen LogP contribution in [-0.4, -0.2) is 51.9 Å². The Kier molecular flexibility index (Phi) is 6.11. The van der Waals surface area contributed by atoms with E-state index in [0.717, 1.165) is 54.3 Å². The van der Waals surface area contributed by atoms with Crippen molar-refractivity contribution < 1.29 is 14.6 Å². The van der Waals surface area contributed by atoms with Gasteiger partial charge in [0, 0.05) is 35.9 Å². The van der Waals surface area contributed by atoms with Crippen molar-refractivity contribution in [3.8, 4) is 11.1 Å². The molecule has 2 heterocycles. The van der Waals surface area contributed by atoms with Crippen LogP contribution in [0.1, 0.15) is 54.6 Å². The van der Waals surface area contributed by atoms with Gasteiger partial charge in [0.05, 0.1) is 24.4 Å². The standard InChI is InChI=1S/C23H28N4O3/c1-15(14-30-2)25-23-24-12-22-20(18-5-3-4-16(10-18)13-28)11-21(27(22)26-23)17-6-8-19(29)9-7-17/h3-5,10-13,15,17,19,29H,6-9,14H2,1-2H3,(H,25,26)/t15-,17?,19?/m0/s1. The van der Waals surface area contributed by atoms with Gasteiger partial charge < -0.3 is 15.2 Å². The highest BCUT2D eigenvalue weighted by Crippen LogP contribution is 2.37. The number of nitrogens with one attached hydrogen (secondary N) is 1. The van der Waals surface area contributed by atoms with Gasteiger partial charge in [0.1, 0.15) is 6.29 Å². The van der Waals surface area contributed by atoms with Crippen molar-refractivity contribution >= 4 is 17.8 Å². The number of nitrogens with zero attached hydrogens (tertiary/aromatic N) is 3. The van der Waals surface area contributed by atoms with Crippen LogP contribution < -0.4 is 5.32 Å². The van der Waals surface area contributed by atoms with Gasteiger partial charge in [-0.3, -0.25) is 4.79 Å². The summed E-state index contributed by atoms with van der Waals surface area (Å²) >= 11 is 0. The maximum atomic E-state index is 11.3. The van der Waals surface area contributed by atoms with Gasteiger partial charge in [-0.25, -0.2) is 9.50 Å². The van der Waals surface area contributed by atoms with E-state index in [-0.39, 0.29) is 12.1 Å². The number of fused-ring (bicyclic) bond motifs is 1. The Morgan fingerprint density at radius 2 is 2.10 bits per heavy atom. The molecule has 4 rings (SSSR count). The summed E-state index contributed by atoms with van der Waals surface area (Å²) in [6.45, 7) is 2.58. The van der Waals surface area contributed by atoms with Crippen molar-refractivity contribution in [3.63, 3.8) is 0 Å². The van der Waals surface area contributed by atoms with E-state index in [1.165, 1.54) is 0 Å². The molecule has 2 aromatic heterocycles. The molecule has 1 aliphatic carbocycles. The van der Waals surface area contributed by atoms with Gasteiger partial charge in [0.2, 0.25) is 5.95 Å². The van der Waals surface area contributed by atoms with Crippen molar-refractivity contribution in [2.24, 2.45) is 0 Å². The van der Waals surface area contributed by atoms with E-state index in [1.54, 1.807) is 13.2 Å². The first-order valence-corrected chi connectivity index (χ1v) is 10.5. The lowest BCUT2D eigenvalue weighted by molar-refractivity contribution is 0.112. The third-order valence-corrected chi connectivity index (χ3v) is 5.79. The summed E-state index contributed by atoms with van der Waals surface area (Å²) in [4.78, 5) is 15.8. The van der Waals surface area contributed by atoms with Crippen LogP contribution in [0.15, 0.2) is 36.5 Å². The maximum Gasteiger partial charge on any atom is 0.241 e. The molecule has 3 aromatic rings. The highest BCUT2D eigenvalue weighted by molar-refractivity contribution is 5.85. The molecule has 1 saturated carbocycles. The monoisotopic (exact) mass is 408 g/mol. The Hall–Kier alpha value is -2.77. The summed E-state index contributed by atoms with van der Waals surface area (Å²) in [5.74, 6) is 0.871. The number of benzene rings is 1. The molecule has 0 unspecified atom stereocenters. The molecule has 1 aromatic carbocycles. The first-order valence-electron chi connectivity index (χ1n) is 10.5. The van der Waals surface area contributed by atoms with Crippen LogP contribution in [0.3, 0.4) is 0 Å². The molecule has 7 heteroatoms. The van der Waals surface area contributed by atoms with E-state index < -0.39 is 0 Å². The molecule has 0 spiro atoms. The summed E-state index contributed by atoms with van der Waals surface area (Å²) in [5.41, 5.74) is 4.65. The molecule has 2 N–H and O–H groups in total. The SMILES string of the molecule is COC[C@H](C)Nc1ncc2c(-c3cccc(C=O)c3)cc(C3CCC(O)CC3)n2n1. The minimum absolute atomic E-state index is 0.0834. The quantitative estimate of drug-likeness (QED) is 0.580. The van der Waals surface area contributed by atoms with Crippen LogP contribution in [-0.2, 0) is 4.74 Å². The van der Waals surface area contributed by atoms with Crippen molar-refractivity contribution in [2.45, 2.75) is 50.7 Å². The molecule has 1 fully saturated rings. The number of ether oxygens (including phenoxy) is 1. The van der Waals surface area contributed by atoms with Crippen molar-refractivity contribution in [1.82, 2.24) is 14.6 Å². The van der Waals surface area contributed by atoms with Gasteiger partial charge in [0.25, 0.3) is 0 Å². The topological polar surface area (TPSA) is 88.8 Å². The number of carbonyl (C=O) groups excluding carboxylic acids is 1. The van der Waals surface area contributed by atoms with Crippen molar-refractivity contribution in [2.75, 3.05) is 19.0 Å². The van der Waals surface area contributed by atoms with Crippen LogP contribution >= 0.6 is 0 Å². The number of hydrogen-bond donors (Lipinski definition) is 2. The van der Waals surface area contributed by atoms with E-state index in [4.69, 9.17) is 9.84 Å². The minimum Gasteiger partial charge on any atom is -0.393 e. The summed E-state index contributed by atoms with van der Waals surface area (Å²) in [7, 11) is 1.67. The zero-order valence-corrected chi connectivity index (χ0v) is 17.4. The molecule has 0 aliphatic heterocycles. The Morgan fingerprint density at radius 1 is 1.30 bits per heavy atom. The highest BCUT2D eigenvalue weighted by atomic mass is 16.5. The summed E-state index contributed by atoms with van der Waals surface area (Å²) in [5, 5.41) is 18.0. The van der Waals surface area contributed by atoms with Gasteiger partial charge in [-0.15, -0.1) is 5.10 Å². The summed E-state index contributed by atoms with van der Waals surface area (Å²) < 4.78 is 7.17. The zero-order chi connectivity index (χ0) is 21.1. The molecule has 0 amide bonds. The third-order valence-electron chi connectivity index (χ3n) is 5.79. The Balaban J connectivity index is 1.79. The van der Waals surface area contributed by atoms with Crippen molar-refractivity contribution in [1.29, 1.82) is 0 Å². The predicted octanol–water partition coefficient (Wildman–Crippen LogP) is 3.67. The minimum atomic E-state index is -0.210. The Morgan fingerprint density at radius 3 is 2.83 bits per heavy atom. The summed E-state index contributed by atoms with van der Waals surface area (Å²) in [6, 6.07) is 9.84. The van der Waals surface area contributed by atoms with Crippen LogP contribution in [0.5, 0.6) is 0 Å². The van der Waals surface area contributed by atoms with Gasteiger partial charge >= 0.3 is 0 Å². The number of carbonyl (C=O) groups is 1. The average Bonchev–Trinajstić information content (AvgIpc) is 3.13. The molecule has 158 valence electrons. The molecule has 0 radical (unpaired) electrons. The number of methoxy groups -OCH3 is 1. The second-order valence-corrected chi connectivity index (χ2v) is 8.11. The fourth-order valence-electron chi connectivity index (χ4n) is 4.27. The van der Waals surface area contributed by atoms with Crippen LogP contribution in [0, 0.1) is 0 Å². The first kappa shape index (κ1) is 20.5. The van der Waals surface area contributed by atoms with E-state index in [2.05, 4.69) is 16.4 Å². The van der Waals surface area contributed by atoms with Gasteiger partial charge in [-0.1, -0.05) is 18.2 Å². The average molecular weight is 409 g/mol. The molecule has 0 bridgehead atoms. The van der Waals surface area contributed by atoms with Crippen molar-refractivity contribution in [3.05, 3.63) is 47.8 Å². The summed E-state index contributed by atoms with van der Waals surface area (Å²) in [6.07, 6.45) is 5.93.